The van der Waals surface area contributed by atoms with Crippen LogP contribution in [0.5, 0.6) is 0 Å². The fraction of sp³-hybridized carbons (Fsp3) is 0.259. The number of nitrogens with zero attached hydrogens (tertiary/aromatic N) is 2. The lowest BCUT2D eigenvalue weighted by molar-refractivity contribution is -0.139. The Morgan fingerprint density at radius 3 is 2.22 bits per heavy atom. The summed E-state index contributed by atoms with van der Waals surface area (Å²) in [6.07, 6.45) is 4.15. The van der Waals surface area contributed by atoms with Crippen LogP contribution in [0.2, 0.25) is 0 Å². The van der Waals surface area contributed by atoms with Crippen molar-refractivity contribution in [2.45, 2.75) is 33.4 Å². The van der Waals surface area contributed by atoms with Crippen LogP contribution in [-0.4, -0.2) is 34.7 Å². The Morgan fingerprint density at radius 2 is 1.59 bits per heavy atom. The standard InChI is InChI=1S/C27H30N2O2S/c1-3-17-28(26(30)15-14-23-10-6-4-7-11-23)21-27(31)29(19-24-12-8-5-9-13-24)20-25-22(2)16-18-32-25/h4-16,18H,3,17,19-21H2,1-2H3. The Hall–Kier alpha value is -3.18. The van der Waals surface area contributed by atoms with Crippen molar-refractivity contribution in [3.05, 3.63) is 99.8 Å². The molecule has 4 nitrogen and oxygen atoms in total. The largest absolute Gasteiger partial charge is 0.332 e. The maximum atomic E-state index is 13.4. The first-order valence-corrected chi connectivity index (χ1v) is 11.8. The lowest BCUT2D eigenvalue weighted by atomic mass is 10.2. The van der Waals surface area contributed by atoms with E-state index in [0.29, 0.717) is 19.6 Å². The first-order chi connectivity index (χ1) is 15.6. The fourth-order valence-corrected chi connectivity index (χ4v) is 4.33. The van der Waals surface area contributed by atoms with E-state index in [1.807, 2.05) is 72.5 Å². The summed E-state index contributed by atoms with van der Waals surface area (Å²) in [5, 5.41) is 2.05. The summed E-state index contributed by atoms with van der Waals surface area (Å²) in [5.41, 5.74) is 3.23. The number of hydrogen-bond donors (Lipinski definition) is 0. The molecule has 0 atom stereocenters. The van der Waals surface area contributed by atoms with Crippen LogP contribution in [0.3, 0.4) is 0 Å². The lowest BCUT2D eigenvalue weighted by Gasteiger charge is -2.27. The van der Waals surface area contributed by atoms with Crippen molar-refractivity contribution in [3.8, 4) is 0 Å². The minimum Gasteiger partial charge on any atom is -0.332 e. The number of carbonyl (C=O) groups excluding carboxylic acids is 2. The Morgan fingerprint density at radius 1 is 0.906 bits per heavy atom. The third kappa shape index (κ3) is 6.92. The van der Waals surface area contributed by atoms with Crippen molar-refractivity contribution < 1.29 is 9.59 Å². The smallest absolute Gasteiger partial charge is 0.247 e. The minimum absolute atomic E-state index is 0.0448. The van der Waals surface area contributed by atoms with Crippen LogP contribution in [0.1, 0.15) is 34.9 Å². The van der Waals surface area contributed by atoms with E-state index >= 15 is 0 Å². The number of aryl methyl sites for hydroxylation is 1. The van der Waals surface area contributed by atoms with Gasteiger partial charge in [-0.25, -0.2) is 0 Å². The molecule has 3 rings (SSSR count). The summed E-state index contributed by atoms with van der Waals surface area (Å²) in [6, 6.07) is 21.8. The van der Waals surface area contributed by atoms with Gasteiger partial charge < -0.3 is 9.80 Å². The van der Waals surface area contributed by atoms with Gasteiger partial charge in [0, 0.05) is 24.0 Å². The first-order valence-electron chi connectivity index (χ1n) is 10.9. The highest BCUT2D eigenvalue weighted by molar-refractivity contribution is 7.10. The average molecular weight is 447 g/mol. The average Bonchev–Trinajstić information content (AvgIpc) is 3.22. The molecule has 5 heteroatoms. The van der Waals surface area contributed by atoms with Gasteiger partial charge in [-0.1, -0.05) is 67.6 Å². The van der Waals surface area contributed by atoms with Gasteiger partial charge in [0.05, 0.1) is 6.54 Å². The predicted octanol–water partition coefficient (Wildman–Crippen LogP) is 5.54. The Bertz CT molecular complexity index is 1030. The quantitative estimate of drug-likeness (QED) is 0.384. The molecule has 0 aliphatic rings. The second-order valence-corrected chi connectivity index (χ2v) is 8.77. The SMILES string of the molecule is CCCN(CC(=O)N(Cc1ccccc1)Cc1sccc1C)C(=O)C=Cc1ccccc1. The second-order valence-electron chi connectivity index (χ2n) is 7.77. The van der Waals surface area contributed by atoms with E-state index in [9.17, 15) is 9.59 Å². The van der Waals surface area contributed by atoms with Crippen molar-refractivity contribution >= 4 is 29.2 Å². The summed E-state index contributed by atoms with van der Waals surface area (Å²) in [4.78, 5) is 30.9. The molecule has 0 unspecified atom stereocenters. The van der Waals surface area contributed by atoms with Crippen LogP contribution in [0.25, 0.3) is 6.08 Å². The number of hydrogen-bond acceptors (Lipinski definition) is 3. The molecular formula is C27H30N2O2S. The van der Waals surface area contributed by atoms with Crippen LogP contribution in [-0.2, 0) is 22.7 Å². The van der Waals surface area contributed by atoms with Crippen molar-refractivity contribution in [1.29, 1.82) is 0 Å². The normalized spacial score (nSPS) is 10.9. The molecule has 1 aromatic heterocycles. The Kier molecular flexibility index (Phi) is 8.81. The maximum absolute atomic E-state index is 13.4. The highest BCUT2D eigenvalue weighted by Gasteiger charge is 2.21. The summed E-state index contributed by atoms with van der Waals surface area (Å²) in [5.74, 6) is -0.187. The molecular weight excluding hydrogens is 416 g/mol. The molecule has 2 aromatic carbocycles. The van der Waals surface area contributed by atoms with Crippen LogP contribution in [0.4, 0.5) is 0 Å². The van der Waals surface area contributed by atoms with Gasteiger partial charge in [0.2, 0.25) is 11.8 Å². The number of amides is 2. The van der Waals surface area contributed by atoms with E-state index in [1.54, 1.807) is 28.4 Å². The molecule has 0 aliphatic heterocycles. The van der Waals surface area contributed by atoms with Gasteiger partial charge >= 0.3 is 0 Å². The van der Waals surface area contributed by atoms with Gasteiger partial charge in [-0.15, -0.1) is 11.3 Å². The van der Waals surface area contributed by atoms with E-state index < -0.39 is 0 Å². The number of thiophene rings is 1. The van der Waals surface area contributed by atoms with Crippen molar-refractivity contribution in [3.63, 3.8) is 0 Å². The topological polar surface area (TPSA) is 40.6 Å². The van der Waals surface area contributed by atoms with Crippen LogP contribution < -0.4 is 0 Å². The predicted molar refractivity (Wildman–Crippen MR) is 132 cm³/mol. The molecule has 0 spiro atoms. The van der Waals surface area contributed by atoms with Gasteiger partial charge in [-0.05, 0) is 47.6 Å². The second kappa shape index (κ2) is 12.0. The number of benzene rings is 2. The molecule has 0 radical (unpaired) electrons. The molecule has 0 N–H and O–H groups in total. The zero-order chi connectivity index (χ0) is 22.8. The monoisotopic (exact) mass is 446 g/mol. The number of carbonyl (C=O) groups is 2. The van der Waals surface area contributed by atoms with Gasteiger partial charge in [0.15, 0.2) is 0 Å². The Balaban J connectivity index is 1.74. The first kappa shape index (κ1) is 23.5. The molecule has 1 heterocycles. The summed E-state index contributed by atoms with van der Waals surface area (Å²) < 4.78 is 0. The molecule has 3 aromatic rings. The van der Waals surface area contributed by atoms with E-state index in [1.165, 1.54) is 10.4 Å². The summed E-state index contributed by atoms with van der Waals surface area (Å²) >= 11 is 1.66. The van der Waals surface area contributed by atoms with Gasteiger partial charge in [-0.2, -0.15) is 0 Å². The fourth-order valence-electron chi connectivity index (χ4n) is 3.41. The highest BCUT2D eigenvalue weighted by atomic mass is 32.1. The molecule has 0 fully saturated rings. The molecule has 2 amide bonds. The van der Waals surface area contributed by atoms with E-state index in [0.717, 1.165) is 17.5 Å². The molecule has 0 saturated carbocycles. The zero-order valence-electron chi connectivity index (χ0n) is 18.7. The van der Waals surface area contributed by atoms with Gasteiger partial charge in [-0.3, -0.25) is 9.59 Å². The molecule has 32 heavy (non-hydrogen) atoms. The van der Waals surface area contributed by atoms with Gasteiger partial charge in [0.25, 0.3) is 0 Å². The molecule has 0 aliphatic carbocycles. The third-order valence-electron chi connectivity index (χ3n) is 5.22. The Labute approximate surface area is 194 Å². The van der Waals surface area contributed by atoms with Crippen molar-refractivity contribution in [2.24, 2.45) is 0 Å². The van der Waals surface area contributed by atoms with Crippen LogP contribution in [0.15, 0.2) is 78.2 Å². The highest BCUT2D eigenvalue weighted by Crippen LogP contribution is 2.20. The number of rotatable bonds is 10. The minimum atomic E-state index is -0.143. The van der Waals surface area contributed by atoms with E-state index in [-0.39, 0.29) is 18.4 Å². The summed E-state index contributed by atoms with van der Waals surface area (Å²) in [7, 11) is 0. The van der Waals surface area contributed by atoms with Crippen molar-refractivity contribution in [1.82, 2.24) is 9.80 Å². The lowest BCUT2D eigenvalue weighted by Crippen LogP contribution is -2.42. The summed E-state index contributed by atoms with van der Waals surface area (Å²) in [6.45, 7) is 5.76. The molecule has 0 saturated heterocycles. The van der Waals surface area contributed by atoms with Crippen LogP contribution in [0, 0.1) is 6.92 Å². The van der Waals surface area contributed by atoms with Gasteiger partial charge in [0.1, 0.15) is 6.54 Å². The van der Waals surface area contributed by atoms with E-state index in [2.05, 4.69) is 18.4 Å². The molecule has 0 bridgehead atoms. The van der Waals surface area contributed by atoms with E-state index in [4.69, 9.17) is 0 Å². The molecule has 166 valence electrons. The zero-order valence-corrected chi connectivity index (χ0v) is 19.6. The third-order valence-corrected chi connectivity index (χ3v) is 6.23. The maximum Gasteiger partial charge on any atom is 0.247 e. The van der Waals surface area contributed by atoms with Crippen molar-refractivity contribution in [2.75, 3.05) is 13.1 Å². The van der Waals surface area contributed by atoms with Crippen LogP contribution >= 0.6 is 11.3 Å².